The number of hydrogen-bond donors (Lipinski definition) is 2. The fourth-order valence-electron chi connectivity index (χ4n) is 7.36. The third-order valence-electron chi connectivity index (χ3n) is 11.6. The summed E-state index contributed by atoms with van der Waals surface area (Å²) in [6.45, 7) is 6.69. The van der Waals surface area contributed by atoms with Crippen molar-refractivity contribution in [2.24, 2.45) is 0 Å². The number of carbonyl (C=O) groups excluding carboxylic acids is 2. The lowest BCUT2D eigenvalue weighted by molar-refractivity contribution is -0.870. The van der Waals surface area contributed by atoms with E-state index >= 15 is 0 Å². The number of ether oxygens (including phenoxy) is 1. The maximum atomic E-state index is 13.5. The molecule has 0 heterocycles. The highest BCUT2D eigenvalue weighted by atomic mass is 31.2. The van der Waals surface area contributed by atoms with Gasteiger partial charge in [-0.05, 0) is 76.7 Å². The van der Waals surface area contributed by atoms with Crippen LogP contribution in [0.1, 0.15) is 207 Å². The number of amides is 1. The molecule has 0 spiro atoms. The van der Waals surface area contributed by atoms with Crippen molar-refractivity contribution >= 4 is 19.7 Å². The maximum Gasteiger partial charge on any atom is 0.472 e. The number of hydrogen-bond acceptors (Lipinski definition) is 6. The van der Waals surface area contributed by atoms with Crippen LogP contribution in [0.2, 0.25) is 0 Å². The van der Waals surface area contributed by atoms with Crippen LogP contribution in [0.3, 0.4) is 0 Å². The summed E-state index contributed by atoms with van der Waals surface area (Å²) in [6, 6.07) is -0.881. The van der Waals surface area contributed by atoms with E-state index in [1.54, 1.807) is 0 Å². The number of esters is 1. The first-order valence-corrected chi connectivity index (χ1v) is 29.3. The number of nitrogens with one attached hydrogen (secondary N) is 1. The third kappa shape index (κ3) is 49.6. The van der Waals surface area contributed by atoms with Crippen molar-refractivity contribution in [1.82, 2.24) is 5.32 Å². The Hall–Kier alpha value is -3.33. The number of carbonyl (C=O) groups is 2. The molecule has 70 heavy (non-hydrogen) atoms. The Morgan fingerprint density at radius 3 is 1.54 bits per heavy atom. The molecule has 0 aliphatic rings. The minimum absolute atomic E-state index is 0.0237. The molecule has 10 heteroatoms. The standard InChI is InChI=1S/C60H103N2O7P/c1-7-10-13-16-19-22-25-28-30-31-32-34-37-40-43-46-49-52-59(63)61-57(56-68-70(65,66)67-55-54-62(4,5)6)58(51-48-45-42-39-36-33-27-24-21-18-15-12-9-3)69-60(64)53-50-47-44-41-38-35-29-26-23-20-17-14-11-8-2/h10-11,13-14,16,19-20,22-23,25,28,30-32,34,37,48,51,57-58H,7-9,12,15,17-18,21,24,26-27,29,33,35-36,38-47,49-50,52-56H2,1-6H3,(H-,61,63,65,66)/p+1/b13-10-,14-11+,19-16+,23-20+,25-22+,30-28-,32-31+,37-34+,51-48+. The number of phosphoric acid groups is 1. The van der Waals surface area contributed by atoms with Crippen molar-refractivity contribution < 1.29 is 37.3 Å². The summed E-state index contributed by atoms with van der Waals surface area (Å²) in [5.41, 5.74) is 0. The van der Waals surface area contributed by atoms with Crippen LogP contribution in [0.4, 0.5) is 0 Å². The average Bonchev–Trinajstić information content (AvgIpc) is 3.32. The maximum absolute atomic E-state index is 13.5. The van der Waals surface area contributed by atoms with Gasteiger partial charge in [0.2, 0.25) is 5.91 Å². The molecule has 0 aliphatic heterocycles. The van der Waals surface area contributed by atoms with E-state index in [0.717, 1.165) is 89.9 Å². The molecule has 0 radical (unpaired) electrons. The lowest BCUT2D eigenvalue weighted by Gasteiger charge is -2.27. The predicted octanol–water partition coefficient (Wildman–Crippen LogP) is 16.6. The number of allylic oxidation sites excluding steroid dienone is 17. The van der Waals surface area contributed by atoms with Gasteiger partial charge in [0.1, 0.15) is 19.3 Å². The lowest BCUT2D eigenvalue weighted by Crippen LogP contribution is -2.47. The number of unbranched alkanes of at least 4 members (excludes halogenated alkanes) is 21. The zero-order valence-corrected chi connectivity index (χ0v) is 46.4. The van der Waals surface area contributed by atoms with E-state index in [9.17, 15) is 19.0 Å². The SMILES string of the molecule is CC\C=C/C=C/C=C/C=C\C=C\C=C\CCCCCC(=O)NC(COP(=O)(O)OCC[N+](C)(C)C)C(/C=C/CCCCCCCCCCCCC)OC(=O)CCCCCCCCC/C=C/C/C=C/CC. The fourth-order valence-corrected chi connectivity index (χ4v) is 8.10. The highest BCUT2D eigenvalue weighted by Crippen LogP contribution is 2.43. The van der Waals surface area contributed by atoms with Crippen LogP contribution in [0, 0.1) is 0 Å². The molecule has 0 aromatic carbocycles. The highest BCUT2D eigenvalue weighted by Gasteiger charge is 2.30. The zero-order chi connectivity index (χ0) is 51.5. The van der Waals surface area contributed by atoms with Crippen molar-refractivity contribution in [2.75, 3.05) is 40.9 Å². The Labute approximate surface area is 430 Å². The molecule has 2 N–H and O–H groups in total. The smallest absolute Gasteiger partial charge is 0.456 e. The topological polar surface area (TPSA) is 111 Å². The van der Waals surface area contributed by atoms with Gasteiger partial charge in [0.15, 0.2) is 0 Å². The van der Waals surface area contributed by atoms with E-state index in [2.05, 4.69) is 62.5 Å². The van der Waals surface area contributed by atoms with Gasteiger partial charge in [0, 0.05) is 12.8 Å². The van der Waals surface area contributed by atoms with Gasteiger partial charge in [0.25, 0.3) is 0 Å². The van der Waals surface area contributed by atoms with Gasteiger partial charge in [-0.25, -0.2) is 4.57 Å². The monoisotopic (exact) mass is 996 g/mol. The first-order chi connectivity index (χ1) is 33.9. The fraction of sp³-hybridized carbons (Fsp3) is 0.667. The molecule has 0 rings (SSSR count). The van der Waals surface area contributed by atoms with E-state index in [1.165, 1.54) is 77.0 Å². The first-order valence-electron chi connectivity index (χ1n) is 27.8. The average molecular weight is 996 g/mol. The summed E-state index contributed by atoms with van der Waals surface area (Å²) in [5.74, 6) is -0.575. The second-order valence-corrected chi connectivity index (χ2v) is 20.9. The van der Waals surface area contributed by atoms with Gasteiger partial charge in [-0.15, -0.1) is 0 Å². The van der Waals surface area contributed by atoms with E-state index in [4.69, 9.17) is 13.8 Å². The summed E-state index contributed by atoms with van der Waals surface area (Å²) in [6.07, 6.45) is 66.5. The van der Waals surface area contributed by atoms with E-state index in [0.29, 0.717) is 17.4 Å². The van der Waals surface area contributed by atoms with Gasteiger partial charge in [-0.1, -0.05) is 227 Å². The van der Waals surface area contributed by atoms with Gasteiger partial charge < -0.3 is 19.4 Å². The largest absolute Gasteiger partial charge is 0.472 e. The zero-order valence-electron chi connectivity index (χ0n) is 45.5. The Balaban J connectivity index is 5.52. The number of phosphoric ester groups is 1. The van der Waals surface area contributed by atoms with Crippen LogP contribution < -0.4 is 5.32 Å². The molecule has 0 bridgehead atoms. The van der Waals surface area contributed by atoms with Crippen molar-refractivity contribution in [3.8, 4) is 0 Å². The second kappa shape index (κ2) is 49.3. The summed E-state index contributed by atoms with van der Waals surface area (Å²) in [4.78, 5) is 37.5. The summed E-state index contributed by atoms with van der Waals surface area (Å²) >= 11 is 0. The van der Waals surface area contributed by atoms with Crippen LogP contribution in [0.25, 0.3) is 0 Å². The highest BCUT2D eigenvalue weighted by molar-refractivity contribution is 7.47. The van der Waals surface area contributed by atoms with Gasteiger partial charge in [0.05, 0.1) is 33.8 Å². The summed E-state index contributed by atoms with van der Waals surface area (Å²) in [5, 5.41) is 3.02. The van der Waals surface area contributed by atoms with Crippen molar-refractivity contribution in [3.63, 3.8) is 0 Å². The molecule has 3 atom stereocenters. The van der Waals surface area contributed by atoms with Gasteiger partial charge >= 0.3 is 13.8 Å². The Morgan fingerprint density at radius 1 is 0.529 bits per heavy atom. The second-order valence-electron chi connectivity index (χ2n) is 19.5. The number of rotatable bonds is 48. The Kier molecular flexibility index (Phi) is 46.9. The van der Waals surface area contributed by atoms with Crippen LogP contribution in [0.5, 0.6) is 0 Å². The van der Waals surface area contributed by atoms with Crippen molar-refractivity contribution in [1.29, 1.82) is 0 Å². The molecule has 0 saturated carbocycles. The minimum atomic E-state index is -4.46. The van der Waals surface area contributed by atoms with Crippen molar-refractivity contribution in [2.45, 2.75) is 219 Å². The lowest BCUT2D eigenvalue weighted by atomic mass is 10.0. The quantitative estimate of drug-likeness (QED) is 0.0156. The molecule has 0 aromatic heterocycles. The predicted molar refractivity (Wildman–Crippen MR) is 300 cm³/mol. The van der Waals surface area contributed by atoms with Crippen LogP contribution in [0.15, 0.2) is 109 Å². The minimum Gasteiger partial charge on any atom is -0.456 e. The Morgan fingerprint density at radius 2 is 0.986 bits per heavy atom. The normalized spacial score (nSPS) is 14.7. The van der Waals surface area contributed by atoms with Gasteiger partial charge in [-0.3, -0.25) is 18.6 Å². The molecular weight excluding hydrogens is 892 g/mol. The van der Waals surface area contributed by atoms with Gasteiger partial charge in [-0.2, -0.15) is 0 Å². The molecule has 400 valence electrons. The van der Waals surface area contributed by atoms with E-state index in [-0.39, 0.29) is 37.9 Å². The first kappa shape index (κ1) is 66.7. The Bertz CT molecular complexity index is 1570. The molecule has 3 unspecified atom stereocenters. The molecular formula is C60H104N2O7P+. The van der Waals surface area contributed by atoms with Crippen LogP contribution in [-0.2, 0) is 27.9 Å². The molecule has 0 fully saturated rings. The number of nitrogens with zero attached hydrogens (tertiary/aromatic N) is 1. The summed E-state index contributed by atoms with van der Waals surface area (Å²) < 4.78 is 30.5. The molecule has 9 nitrogen and oxygen atoms in total. The van der Waals surface area contributed by atoms with Crippen LogP contribution >= 0.6 is 7.82 Å². The molecule has 0 aliphatic carbocycles. The molecule has 1 amide bonds. The third-order valence-corrected chi connectivity index (χ3v) is 12.6. The van der Waals surface area contributed by atoms with E-state index < -0.39 is 20.0 Å². The number of likely N-dealkylation sites (N-methyl/N-ethyl adjacent to an activating group) is 1. The van der Waals surface area contributed by atoms with Crippen LogP contribution in [-0.4, -0.2) is 74.3 Å². The summed E-state index contributed by atoms with van der Waals surface area (Å²) in [7, 11) is 1.44. The van der Waals surface area contributed by atoms with Crippen molar-refractivity contribution in [3.05, 3.63) is 109 Å². The number of quaternary nitrogens is 1. The molecule has 0 saturated heterocycles. The van der Waals surface area contributed by atoms with E-state index in [1.807, 2.05) is 94.1 Å². The molecule has 0 aromatic rings.